The number of aromatic nitrogens is 2. The van der Waals surface area contributed by atoms with Gasteiger partial charge < -0.3 is 15.0 Å². The minimum absolute atomic E-state index is 0.0801. The topological polar surface area (TPSA) is 91.2 Å². The van der Waals surface area contributed by atoms with Crippen molar-refractivity contribution in [2.24, 2.45) is 5.73 Å². The van der Waals surface area contributed by atoms with E-state index in [4.69, 9.17) is 26.6 Å². The molecule has 6 nitrogen and oxygen atoms in total. The summed E-state index contributed by atoms with van der Waals surface area (Å²) in [6.45, 7) is 1.58. The number of nitrogens with two attached hydrogens (primary N) is 1. The van der Waals surface area contributed by atoms with Gasteiger partial charge in [0.15, 0.2) is 6.61 Å². The van der Waals surface area contributed by atoms with Crippen LogP contribution in [0.2, 0.25) is 5.02 Å². The highest BCUT2D eigenvalue weighted by Gasteiger charge is 2.14. The Morgan fingerprint density at radius 2 is 2.12 bits per heavy atom. The first-order valence-electron chi connectivity index (χ1n) is 7.25. The SMILES string of the molecule is Cc1ccc(-c2noc(COc3ccc(Cl)cc3C(N)=O)n2)cc1F. The van der Waals surface area contributed by atoms with Crippen LogP contribution in [0.25, 0.3) is 11.4 Å². The molecule has 0 aliphatic carbocycles. The molecular weight excluding hydrogens is 349 g/mol. The van der Waals surface area contributed by atoms with E-state index < -0.39 is 5.91 Å². The molecule has 0 fully saturated rings. The average Bonchev–Trinajstić information content (AvgIpc) is 3.05. The fraction of sp³-hybridized carbons (Fsp3) is 0.118. The van der Waals surface area contributed by atoms with E-state index in [-0.39, 0.29) is 35.5 Å². The van der Waals surface area contributed by atoms with Crippen LogP contribution in [0.1, 0.15) is 21.8 Å². The van der Waals surface area contributed by atoms with E-state index in [0.29, 0.717) is 16.1 Å². The zero-order chi connectivity index (χ0) is 18.0. The van der Waals surface area contributed by atoms with Gasteiger partial charge in [-0.05, 0) is 36.8 Å². The number of primary amides is 1. The quantitative estimate of drug-likeness (QED) is 0.750. The van der Waals surface area contributed by atoms with Gasteiger partial charge in [-0.1, -0.05) is 28.9 Å². The number of benzene rings is 2. The molecule has 0 saturated carbocycles. The van der Waals surface area contributed by atoms with Crippen LogP contribution < -0.4 is 10.5 Å². The third kappa shape index (κ3) is 3.77. The summed E-state index contributed by atoms with van der Waals surface area (Å²) < 4.78 is 24.2. The van der Waals surface area contributed by atoms with Crippen molar-refractivity contribution in [2.75, 3.05) is 0 Å². The minimum Gasteiger partial charge on any atom is -0.483 e. The second-order valence-corrected chi connectivity index (χ2v) is 5.71. The number of ether oxygens (including phenoxy) is 1. The van der Waals surface area contributed by atoms with Crippen molar-refractivity contribution < 1.29 is 18.4 Å². The Bertz CT molecular complexity index is 943. The molecule has 0 atom stereocenters. The first-order valence-corrected chi connectivity index (χ1v) is 7.63. The Labute approximate surface area is 147 Å². The van der Waals surface area contributed by atoms with Crippen LogP contribution in [0.5, 0.6) is 5.75 Å². The Morgan fingerprint density at radius 1 is 1.32 bits per heavy atom. The molecule has 2 aromatic carbocycles. The molecule has 0 aliphatic heterocycles. The number of hydrogen-bond donors (Lipinski definition) is 1. The maximum absolute atomic E-state index is 13.6. The lowest BCUT2D eigenvalue weighted by molar-refractivity contribution is 0.0995. The number of rotatable bonds is 5. The molecule has 128 valence electrons. The van der Waals surface area contributed by atoms with Gasteiger partial charge in [-0.25, -0.2) is 4.39 Å². The molecule has 1 aromatic heterocycles. The van der Waals surface area contributed by atoms with Crippen molar-refractivity contribution in [1.29, 1.82) is 0 Å². The summed E-state index contributed by atoms with van der Waals surface area (Å²) in [7, 11) is 0. The van der Waals surface area contributed by atoms with Crippen LogP contribution in [-0.2, 0) is 6.61 Å². The van der Waals surface area contributed by atoms with Crippen molar-refractivity contribution in [2.45, 2.75) is 13.5 Å². The van der Waals surface area contributed by atoms with Crippen LogP contribution in [0.15, 0.2) is 40.9 Å². The molecule has 0 bridgehead atoms. The standard InChI is InChI=1S/C17H13ClFN3O3/c1-9-2-3-10(6-13(9)19)17-21-15(25-22-17)8-24-14-5-4-11(18)7-12(14)16(20)23/h2-7H,8H2,1H3,(H2,20,23). The van der Waals surface area contributed by atoms with E-state index in [1.165, 1.54) is 18.2 Å². The summed E-state index contributed by atoms with van der Waals surface area (Å²) in [6, 6.07) is 9.15. The predicted molar refractivity (Wildman–Crippen MR) is 88.7 cm³/mol. The Hall–Kier alpha value is -2.93. The van der Waals surface area contributed by atoms with Crippen LogP contribution in [0.4, 0.5) is 4.39 Å². The van der Waals surface area contributed by atoms with Gasteiger partial charge in [-0.2, -0.15) is 4.98 Å². The number of carbonyl (C=O) groups is 1. The molecule has 8 heteroatoms. The zero-order valence-corrected chi connectivity index (χ0v) is 13.9. The van der Waals surface area contributed by atoms with Gasteiger partial charge in [0.05, 0.1) is 5.56 Å². The minimum atomic E-state index is -0.668. The molecule has 0 unspecified atom stereocenters. The predicted octanol–water partition coefficient (Wildman–Crippen LogP) is 3.52. The van der Waals surface area contributed by atoms with E-state index in [0.717, 1.165) is 0 Å². The van der Waals surface area contributed by atoms with E-state index in [9.17, 15) is 9.18 Å². The average molecular weight is 362 g/mol. The van der Waals surface area contributed by atoms with Crippen LogP contribution in [-0.4, -0.2) is 16.0 Å². The number of carbonyl (C=O) groups excluding carboxylic acids is 1. The first-order chi connectivity index (χ1) is 11.9. The van der Waals surface area contributed by atoms with Crippen molar-refractivity contribution in [1.82, 2.24) is 10.1 Å². The summed E-state index contributed by atoms with van der Waals surface area (Å²) in [6.07, 6.45) is 0. The van der Waals surface area contributed by atoms with Gasteiger partial charge in [0.2, 0.25) is 5.82 Å². The molecule has 0 aliphatic rings. The molecule has 25 heavy (non-hydrogen) atoms. The van der Waals surface area contributed by atoms with Crippen molar-refractivity contribution in [3.05, 3.63) is 64.3 Å². The second-order valence-electron chi connectivity index (χ2n) is 5.27. The maximum Gasteiger partial charge on any atom is 0.264 e. The lowest BCUT2D eigenvalue weighted by atomic mass is 10.1. The van der Waals surface area contributed by atoms with E-state index in [2.05, 4.69) is 10.1 Å². The van der Waals surface area contributed by atoms with Gasteiger partial charge in [-0.15, -0.1) is 0 Å². The lowest BCUT2D eigenvalue weighted by Gasteiger charge is -2.07. The third-order valence-electron chi connectivity index (χ3n) is 3.46. The molecule has 0 saturated heterocycles. The van der Waals surface area contributed by atoms with Crippen molar-refractivity contribution >= 4 is 17.5 Å². The molecule has 2 N–H and O–H groups in total. The maximum atomic E-state index is 13.6. The van der Waals surface area contributed by atoms with Crippen molar-refractivity contribution in [3.8, 4) is 17.1 Å². The van der Waals surface area contributed by atoms with E-state index in [1.54, 1.807) is 25.1 Å². The van der Waals surface area contributed by atoms with Gasteiger partial charge in [0.1, 0.15) is 11.6 Å². The largest absolute Gasteiger partial charge is 0.483 e. The summed E-state index contributed by atoms with van der Waals surface area (Å²) >= 11 is 5.84. The van der Waals surface area contributed by atoms with Crippen LogP contribution >= 0.6 is 11.6 Å². The number of hydrogen-bond acceptors (Lipinski definition) is 5. The highest BCUT2D eigenvalue weighted by Crippen LogP contribution is 2.24. The van der Waals surface area contributed by atoms with Gasteiger partial charge in [-0.3, -0.25) is 4.79 Å². The monoisotopic (exact) mass is 361 g/mol. The number of nitrogens with zero attached hydrogens (tertiary/aromatic N) is 2. The zero-order valence-electron chi connectivity index (χ0n) is 13.1. The fourth-order valence-electron chi connectivity index (χ4n) is 2.12. The molecule has 0 radical (unpaired) electrons. The number of halogens is 2. The second kappa shape index (κ2) is 6.90. The van der Waals surface area contributed by atoms with Gasteiger partial charge >= 0.3 is 0 Å². The molecule has 3 rings (SSSR count). The Balaban J connectivity index is 1.76. The molecule has 1 heterocycles. The third-order valence-corrected chi connectivity index (χ3v) is 3.69. The van der Waals surface area contributed by atoms with Crippen LogP contribution in [0.3, 0.4) is 0 Å². The first kappa shape index (κ1) is 16.9. The summed E-state index contributed by atoms with van der Waals surface area (Å²) in [4.78, 5) is 15.6. The van der Waals surface area contributed by atoms with Crippen LogP contribution in [0, 0.1) is 12.7 Å². The van der Waals surface area contributed by atoms with Gasteiger partial charge in [0.25, 0.3) is 11.8 Å². The normalized spacial score (nSPS) is 10.7. The number of amides is 1. The van der Waals surface area contributed by atoms with E-state index in [1.807, 2.05) is 0 Å². The summed E-state index contributed by atoms with van der Waals surface area (Å²) in [5, 5.41) is 4.16. The van der Waals surface area contributed by atoms with Crippen molar-refractivity contribution in [3.63, 3.8) is 0 Å². The molecular formula is C17H13ClFN3O3. The molecule has 0 spiro atoms. The lowest BCUT2D eigenvalue weighted by Crippen LogP contribution is -2.13. The highest BCUT2D eigenvalue weighted by molar-refractivity contribution is 6.31. The summed E-state index contributed by atoms with van der Waals surface area (Å²) in [5.41, 5.74) is 6.45. The Morgan fingerprint density at radius 3 is 2.84 bits per heavy atom. The number of aryl methyl sites for hydroxylation is 1. The highest BCUT2D eigenvalue weighted by atomic mass is 35.5. The fourth-order valence-corrected chi connectivity index (χ4v) is 2.29. The molecule has 3 aromatic rings. The Kier molecular flexibility index (Phi) is 4.67. The van der Waals surface area contributed by atoms with E-state index >= 15 is 0 Å². The summed E-state index contributed by atoms with van der Waals surface area (Å²) in [5.74, 6) is -0.366. The molecule has 1 amide bonds. The van der Waals surface area contributed by atoms with Gasteiger partial charge in [0, 0.05) is 10.6 Å². The smallest absolute Gasteiger partial charge is 0.264 e.